The number of unbranched alkanes of at least 4 members (excludes halogenated alkanes) is 3. The summed E-state index contributed by atoms with van der Waals surface area (Å²) in [4.78, 5) is 278. The Morgan fingerprint density at radius 2 is 0.637 bits per heavy atom. The van der Waals surface area contributed by atoms with E-state index in [0.717, 1.165) is 0 Å². The Labute approximate surface area is 778 Å². The number of aromatic nitrogens is 1. The molecule has 0 saturated carbocycles. The first-order valence-corrected chi connectivity index (χ1v) is 44.3. The lowest BCUT2D eigenvalue weighted by Gasteiger charge is -2.29. The van der Waals surface area contributed by atoms with Crippen molar-refractivity contribution >= 4 is 141 Å². The average molecular weight is 1920 g/mol. The number of carbonyl (C=O) groups is 20. The molecule has 52 nitrogen and oxygen atoms in total. The van der Waals surface area contributed by atoms with Crippen LogP contribution in [0.3, 0.4) is 0 Å². The summed E-state index contributed by atoms with van der Waals surface area (Å²) in [5.74, 6) is -28.7. The van der Waals surface area contributed by atoms with Gasteiger partial charge in [-0.2, -0.15) is 0 Å². The van der Waals surface area contributed by atoms with Crippen molar-refractivity contribution in [1.82, 2.24) is 90.1 Å². The highest BCUT2D eigenvalue weighted by Gasteiger charge is 2.41. The molecule has 0 spiro atoms. The third-order valence-corrected chi connectivity index (χ3v) is 20.9. The highest BCUT2D eigenvalue weighted by atomic mass is 16.4. The molecule has 2 rings (SSSR count). The summed E-state index contributed by atoms with van der Waals surface area (Å²) in [5, 5.41) is 124. The molecule has 0 aliphatic carbocycles. The van der Waals surface area contributed by atoms with Crippen LogP contribution in [0.5, 0.6) is 0 Å². The standard InChI is InChI=1S/C83H137N25O27/c1-41(2)35-56(106-80(133)66(43(5)6)107-74(127)51(23-16-34-93-83(90)91)95-67(120)46(87)40-109)75(128)97-48(19-9-12-30-84)68(121)100-53(25-28-61(112)113)72(125)104-58(37-63(116)117)77(130)98-49(20-10-13-31-85)69(122)99-52(24-27-60(110)111)71(124)96-50(22-15-33-92-82(88)89)70(123)103-57(36-44-39-94-47-18-8-7-17-45(44)47)76(129)101-54(26-29-62(114)115)73(126)105-59(38-64(118)119)78(131)108-65(42(3)4)79(132)102-55(81(134)135)21-11-14-32-86/h7-8,17-18,39,41-43,46,48-59,65-66,94,109H,9-16,19-38,40,84-87H2,1-6H3,(H,95,120)(H,96,124)(H,97,128)(H,98,130)(H,99,122)(H,100,121)(H,101,129)(H,102,132)(H,103,123)(H,104,125)(H,105,126)(H,106,133)(H,107,127)(H,108,131)(H,110,111)(H,112,113)(H,114,115)(H,116,117)(H,118,119)(H,134,135)(H4,88,89,92)(H4,90,91,93)/t46-,48-,49-,50-,51-,52-,53-,54-,55-,56-,57-,58-,59-,65-,66-/m0/s1. The number of rotatable bonds is 69. The van der Waals surface area contributed by atoms with Crippen LogP contribution < -0.4 is 119 Å². The third-order valence-electron chi connectivity index (χ3n) is 20.9. The molecule has 756 valence electrons. The Hall–Kier alpha value is -13.5. The Bertz CT molecular complexity index is 4360. The number of carbonyl (C=O) groups excluding carboxylic acids is 14. The second-order valence-corrected chi connectivity index (χ2v) is 33.3. The number of guanidine groups is 2. The first-order valence-electron chi connectivity index (χ1n) is 44.3. The average Bonchev–Trinajstić information content (AvgIpc) is 1.69. The molecular weight excluding hydrogens is 1780 g/mol. The molecule has 0 aliphatic heterocycles. The van der Waals surface area contributed by atoms with E-state index >= 15 is 4.79 Å². The van der Waals surface area contributed by atoms with Gasteiger partial charge in [-0.05, 0) is 158 Å². The van der Waals surface area contributed by atoms with Crippen LogP contribution in [0.1, 0.15) is 188 Å². The Kier molecular flexibility index (Phi) is 54.1. The molecule has 0 radical (unpaired) electrons. The summed E-state index contributed by atoms with van der Waals surface area (Å²) < 4.78 is 0. The van der Waals surface area contributed by atoms with Crippen molar-refractivity contribution in [2.24, 2.45) is 52.2 Å². The van der Waals surface area contributed by atoms with Gasteiger partial charge in [0, 0.05) is 55.9 Å². The van der Waals surface area contributed by atoms with Crippen LogP contribution in [0.2, 0.25) is 0 Å². The van der Waals surface area contributed by atoms with Crippen LogP contribution in [-0.4, -0.2) is 301 Å². The fourth-order valence-corrected chi connectivity index (χ4v) is 13.6. The van der Waals surface area contributed by atoms with Crippen LogP contribution in [0.25, 0.3) is 10.9 Å². The van der Waals surface area contributed by atoms with Gasteiger partial charge in [0.2, 0.25) is 82.7 Å². The first-order chi connectivity index (χ1) is 63.6. The summed E-state index contributed by atoms with van der Waals surface area (Å²) in [6.45, 7) is 8.78. The van der Waals surface area contributed by atoms with E-state index in [1.165, 1.54) is 20.0 Å². The monoisotopic (exact) mass is 1920 g/mol. The van der Waals surface area contributed by atoms with Crippen molar-refractivity contribution in [1.29, 1.82) is 10.8 Å². The molecule has 0 aliphatic rings. The van der Waals surface area contributed by atoms with E-state index in [-0.39, 0.29) is 115 Å². The van der Waals surface area contributed by atoms with Crippen LogP contribution in [0.4, 0.5) is 0 Å². The molecule has 2 aromatic rings. The van der Waals surface area contributed by atoms with E-state index in [4.69, 9.17) is 45.2 Å². The molecule has 1 aromatic carbocycles. The SMILES string of the molecule is CC(C)C[C@H](NC(=O)[C@@H](NC(=O)[C@H](CCCNC(=N)N)NC(=O)[C@@H](N)CO)C(C)C)C(=O)N[C@@H](CCCCN)C(=O)N[C@@H](CCC(=O)O)C(=O)N[C@@H](CC(=O)O)C(=O)N[C@@H](CCCCN)C(=O)N[C@@H](CCC(=O)O)C(=O)N[C@@H](CCCNC(=N)N)C(=O)N[C@@H](Cc1c[nH]c2ccccc12)C(=O)N[C@@H](CCC(=O)O)C(=O)N[C@@H](CC(=O)O)C(=O)N[C@H](C(=O)N[C@@H](CCCCN)C(=O)O)C(C)C. The van der Waals surface area contributed by atoms with E-state index in [1.54, 1.807) is 52.0 Å². The quantitative estimate of drug-likeness (QED) is 0.0166. The largest absolute Gasteiger partial charge is 0.481 e. The molecule has 38 N–H and O–H groups in total. The van der Waals surface area contributed by atoms with Gasteiger partial charge >= 0.3 is 35.8 Å². The van der Waals surface area contributed by atoms with Crippen LogP contribution in [0, 0.1) is 28.6 Å². The third kappa shape index (κ3) is 45.7. The lowest BCUT2D eigenvalue weighted by Crippen LogP contribution is -2.61. The number of carboxylic acids is 6. The zero-order valence-electron chi connectivity index (χ0n) is 76.5. The van der Waals surface area contributed by atoms with Crippen LogP contribution in [-0.2, 0) is 102 Å². The lowest BCUT2D eigenvalue weighted by molar-refractivity contribution is -0.144. The van der Waals surface area contributed by atoms with Crippen molar-refractivity contribution in [2.75, 3.05) is 39.3 Å². The predicted octanol–water partition coefficient (Wildman–Crippen LogP) is -7.28. The van der Waals surface area contributed by atoms with Gasteiger partial charge in [0.1, 0.15) is 90.6 Å². The molecule has 0 saturated heterocycles. The first kappa shape index (κ1) is 118. The van der Waals surface area contributed by atoms with Gasteiger partial charge in [-0.15, -0.1) is 0 Å². The van der Waals surface area contributed by atoms with E-state index < -0.39 is 304 Å². The maximum atomic E-state index is 15.1. The summed E-state index contributed by atoms with van der Waals surface area (Å²) in [5.41, 5.74) is 34.6. The number of nitrogens with two attached hydrogens (primary N) is 6. The molecule has 0 unspecified atom stereocenters. The number of aliphatic hydroxyl groups is 1. The van der Waals surface area contributed by atoms with Crippen molar-refractivity contribution < 1.29 is 132 Å². The Morgan fingerprint density at radius 3 is 0.970 bits per heavy atom. The highest BCUT2D eigenvalue weighted by molar-refractivity contribution is 6.02. The molecule has 0 bridgehead atoms. The number of fused-ring (bicyclic) bond motifs is 1. The van der Waals surface area contributed by atoms with E-state index in [0.29, 0.717) is 22.9 Å². The zero-order chi connectivity index (χ0) is 102. The lowest BCUT2D eigenvalue weighted by atomic mass is 9.98. The number of hydrogen-bond acceptors (Lipinski definition) is 27. The van der Waals surface area contributed by atoms with Gasteiger partial charge in [0.15, 0.2) is 11.9 Å². The minimum absolute atomic E-state index is 0.0203. The van der Waals surface area contributed by atoms with Gasteiger partial charge in [-0.1, -0.05) is 59.7 Å². The number of nitrogens with one attached hydrogen (secondary N) is 19. The van der Waals surface area contributed by atoms with Crippen molar-refractivity contribution in [3.8, 4) is 0 Å². The van der Waals surface area contributed by atoms with Crippen molar-refractivity contribution in [3.63, 3.8) is 0 Å². The minimum Gasteiger partial charge on any atom is -0.481 e. The van der Waals surface area contributed by atoms with Gasteiger partial charge in [-0.3, -0.25) is 102 Å². The van der Waals surface area contributed by atoms with E-state index in [1.807, 2.05) is 0 Å². The van der Waals surface area contributed by atoms with Crippen molar-refractivity contribution in [2.45, 2.75) is 280 Å². The minimum atomic E-state index is -2.22. The molecule has 14 amide bonds. The van der Waals surface area contributed by atoms with E-state index in [9.17, 15) is 127 Å². The topological polar surface area (TPSA) is 895 Å². The number of amides is 14. The summed E-state index contributed by atoms with van der Waals surface area (Å²) in [6.07, 6.45) is -6.69. The number of aliphatic carboxylic acids is 6. The van der Waals surface area contributed by atoms with Gasteiger partial charge < -0.3 is 160 Å². The number of aliphatic hydroxyl groups excluding tert-OH is 1. The summed E-state index contributed by atoms with van der Waals surface area (Å²) >= 11 is 0. The normalized spacial score (nSPS) is 14.5. The summed E-state index contributed by atoms with van der Waals surface area (Å²) in [6, 6.07) is -19.6. The maximum Gasteiger partial charge on any atom is 0.326 e. The van der Waals surface area contributed by atoms with Gasteiger partial charge in [-0.25, -0.2) is 4.79 Å². The van der Waals surface area contributed by atoms with Crippen LogP contribution in [0.15, 0.2) is 30.5 Å². The number of hydrogen-bond donors (Lipinski definition) is 32. The van der Waals surface area contributed by atoms with Gasteiger partial charge in [0.05, 0.1) is 19.4 Å². The van der Waals surface area contributed by atoms with Crippen molar-refractivity contribution in [3.05, 3.63) is 36.0 Å². The Balaban J connectivity index is 2.74. The number of benzene rings is 1. The zero-order valence-corrected chi connectivity index (χ0v) is 76.5. The highest BCUT2D eigenvalue weighted by Crippen LogP contribution is 2.22. The Morgan fingerprint density at radius 1 is 0.348 bits per heavy atom. The van der Waals surface area contributed by atoms with Gasteiger partial charge in [0.25, 0.3) is 0 Å². The molecular formula is C83H137N25O27. The predicted molar refractivity (Wildman–Crippen MR) is 483 cm³/mol. The molecule has 15 atom stereocenters. The number of H-pyrrole nitrogens is 1. The molecule has 1 heterocycles. The second-order valence-electron chi connectivity index (χ2n) is 33.3. The molecule has 135 heavy (non-hydrogen) atoms. The number of aromatic amines is 1. The smallest absolute Gasteiger partial charge is 0.326 e. The molecule has 1 aromatic heterocycles. The van der Waals surface area contributed by atoms with Crippen LogP contribution >= 0.6 is 0 Å². The number of para-hydroxylation sites is 1. The molecule has 0 fully saturated rings. The molecule has 52 heteroatoms. The van der Waals surface area contributed by atoms with E-state index in [2.05, 4.69) is 90.1 Å². The summed E-state index contributed by atoms with van der Waals surface area (Å²) in [7, 11) is 0. The fourth-order valence-electron chi connectivity index (χ4n) is 13.6. The number of carboxylic acid groups (broad SMARTS) is 6. The second kappa shape index (κ2) is 62.1. The fraction of sp³-hybridized carbons (Fsp3) is 0.639. The maximum absolute atomic E-state index is 15.1.